The van der Waals surface area contributed by atoms with Crippen LogP contribution in [0.4, 0.5) is 0 Å². The van der Waals surface area contributed by atoms with Crippen molar-refractivity contribution in [3.8, 4) is 0 Å². The molecule has 1 atom stereocenters. The molecule has 0 saturated carbocycles. The molecule has 1 unspecified atom stereocenters. The smallest absolute Gasteiger partial charge is 0.140 e. The fraction of sp³-hybridized carbons (Fsp3) is 0.235. The topological polar surface area (TPSA) is 43.8 Å². The predicted molar refractivity (Wildman–Crippen MR) is 82.6 cm³/mol. The fourth-order valence-corrected chi connectivity index (χ4v) is 2.61. The molecule has 0 radical (unpaired) electrons. The van der Waals surface area contributed by atoms with Crippen LogP contribution in [0.25, 0.3) is 11.0 Å². The molecule has 0 aliphatic carbocycles. The van der Waals surface area contributed by atoms with Crippen LogP contribution < -0.4 is 5.73 Å². The summed E-state index contributed by atoms with van der Waals surface area (Å²) in [5, 5.41) is 1.21. The molecule has 3 aromatic rings. The summed E-state index contributed by atoms with van der Waals surface area (Å²) in [5.41, 5.74) is 9.54. The van der Waals surface area contributed by atoms with Crippen LogP contribution in [-0.4, -0.2) is 15.6 Å². The van der Waals surface area contributed by atoms with Crippen molar-refractivity contribution in [1.82, 2.24) is 9.55 Å². The Labute approximate surface area is 119 Å². The lowest BCUT2D eigenvalue weighted by Gasteiger charge is -2.04. The van der Waals surface area contributed by atoms with Gasteiger partial charge in [0.25, 0.3) is 0 Å². The summed E-state index contributed by atoms with van der Waals surface area (Å²) >= 11 is 0. The van der Waals surface area contributed by atoms with Gasteiger partial charge >= 0.3 is 0 Å². The molecule has 0 aliphatic heterocycles. The van der Waals surface area contributed by atoms with Gasteiger partial charge in [0.1, 0.15) is 5.65 Å². The molecule has 0 amide bonds. The first-order valence-electron chi connectivity index (χ1n) is 6.96. The zero-order chi connectivity index (χ0) is 13.9. The van der Waals surface area contributed by atoms with Crippen molar-refractivity contribution in [1.29, 1.82) is 0 Å². The van der Waals surface area contributed by atoms with Gasteiger partial charge in [-0.05, 0) is 36.6 Å². The molecule has 3 nitrogen and oxygen atoms in total. The molecule has 3 rings (SSSR count). The Bertz CT molecular complexity index is 699. The second kappa shape index (κ2) is 5.47. The normalized spacial score (nSPS) is 12.7. The summed E-state index contributed by atoms with van der Waals surface area (Å²) in [6.45, 7) is 2.88. The van der Waals surface area contributed by atoms with Crippen LogP contribution in [-0.2, 0) is 13.0 Å². The third kappa shape index (κ3) is 2.58. The van der Waals surface area contributed by atoms with Crippen LogP contribution >= 0.6 is 0 Å². The first-order valence-corrected chi connectivity index (χ1v) is 6.96. The van der Waals surface area contributed by atoms with E-state index in [1.54, 1.807) is 0 Å². The molecule has 0 spiro atoms. The van der Waals surface area contributed by atoms with Gasteiger partial charge in [-0.3, -0.25) is 0 Å². The van der Waals surface area contributed by atoms with Gasteiger partial charge in [-0.1, -0.05) is 30.3 Å². The third-order valence-electron chi connectivity index (χ3n) is 3.45. The summed E-state index contributed by atoms with van der Waals surface area (Å²) in [6.07, 6.45) is 4.91. The minimum Gasteiger partial charge on any atom is -0.328 e. The van der Waals surface area contributed by atoms with E-state index in [1.807, 2.05) is 25.3 Å². The lowest BCUT2D eigenvalue weighted by atomic mass is 10.1. The Morgan fingerprint density at radius 3 is 2.70 bits per heavy atom. The molecular formula is C17H19N3. The zero-order valence-corrected chi connectivity index (χ0v) is 11.7. The molecule has 102 valence electrons. The molecule has 1 aromatic carbocycles. The SMILES string of the molecule is CC(N)Cc1cn(Cc2ccccc2)c2ncccc12. The number of rotatable bonds is 4. The third-order valence-corrected chi connectivity index (χ3v) is 3.45. The van der Waals surface area contributed by atoms with Crippen molar-refractivity contribution in [2.75, 3.05) is 0 Å². The van der Waals surface area contributed by atoms with Gasteiger partial charge in [0, 0.05) is 30.4 Å². The van der Waals surface area contributed by atoms with E-state index in [0.29, 0.717) is 0 Å². The highest BCUT2D eigenvalue weighted by Gasteiger charge is 2.10. The molecule has 0 fully saturated rings. The van der Waals surface area contributed by atoms with Crippen LogP contribution in [0.5, 0.6) is 0 Å². The largest absolute Gasteiger partial charge is 0.328 e. The number of nitrogens with two attached hydrogens (primary N) is 1. The summed E-state index contributed by atoms with van der Waals surface area (Å²) in [4.78, 5) is 4.53. The summed E-state index contributed by atoms with van der Waals surface area (Å²) in [6, 6.07) is 14.7. The van der Waals surface area contributed by atoms with Crippen molar-refractivity contribution in [3.05, 3.63) is 66.0 Å². The average molecular weight is 265 g/mol. The monoisotopic (exact) mass is 265 g/mol. The van der Waals surface area contributed by atoms with Crippen LogP contribution in [0.3, 0.4) is 0 Å². The number of aromatic nitrogens is 2. The maximum absolute atomic E-state index is 5.95. The second-order valence-electron chi connectivity index (χ2n) is 5.32. The minimum atomic E-state index is 0.158. The van der Waals surface area contributed by atoms with E-state index in [9.17, 15) is 0 Å². The molecule has 0 aliphatic rings. The highest BCUT2D eigenvalue weighted by molar-refractivity contribution is 5.80. The van der Waals surface area contributed by atoms with Crippen LogP contribution in [0.1, 0.15) is 18.1 Å². The molecule has 2 aromatic heterocycles. The van der Waals surface area contributed by atoms with E-state index in [0.717, 1.165) is 18.6 Å². The van der Waals surface area contributed by atoms with Gasteiger partial charge < -0.3 is 10.3 Å². The van der Waals surface area contributed by atoms with Crippen LogP contribution in [0.2, 0.25) is 0 Å². The second-order valence-corrected chi connectivity index (χ2v) is 5.32. The van der Waals surface area contributed by atoms with E-state index in [4.69, 9.17) is 5.73 Å². The quantitative estimate of drug-likeness (QED) is 0.788. The standard InChI is InChI=1S/C17H19N3/c1-13(18)10-15-12-20(11-14-6-3-2-4-7-14)17-16(15)8-5-9-19-17/h2-9,12-13H,10-11,18H2,1H3. The Hall–Kier alpha value is -2.13. The average Bonchev–Trinajstić information content (AvgIpc) is 2.78. The van der Waals surface area contributed by atoms with E-state index in [1.165, 1.54) is 16.5 Å². The van der Waals surface area contributed by atoms with Gasteiger partial charge in [0.2, 0.25) is 0 Å². The van der Waals surface area contributed by atoms with Gasteiger partial charge in [-0.2, -0.15) is 0 Å². The highest BCUT2D eigenvalue weighted by atomic mass is 15.0. The Morgan fingerprint density at radius 2 is 1.95 bits per heavy atom. The number of hydrogen-bond acceptors (Lipinski definition) is 2. The van der Waals surface area contributed by atoms with Crippen molar-refractivity contribution in [2.45, 2.75) is 25.9 Å². The first-order chi connectivity index (χ1) is 9.74. The van der Waals surface area contributed by atoms with Gasteiger partial charge in [0.05, 0.1) is 0 Å². The zero-order valence-electron chi connectivity index (χ0n) is 11.7. The first kappa shape index (κ1) is 12.9. The fourth-order valence-electron chi connectivity index (χ4n) is 2.61. The molecule has 0 saturated heterocycles. The molecule has 0 bridgehead atoms. The summed E-state index contributed by atoms with van der Waals surface area (Å²) in [7, 11) is 0. The maximum Gasteiger partial charge on any atom is 0.140 e. The van der Waals surface area contributed by atoms with Crippen molar-refractivity contribution in [2.24, 2.45) is 5.73 Å². The predicted octanol–water partition coefficient (Wildman–Crippen LogP) is 2.97. The van der Waals surface area contributed by atoms with Crippen LogP contribution in [0, 0.1) is 0 Å². The van der Waals surface area contributed by atoms with E-state index in [-0.39, 0.29) is 6.04 Å². The Morgan fingerprint density at radius 1 is 1.15 bits per heavy atom. The highest BCUT2D eigenvalue weighted by Crippen LogP contribution is 2.21. The Balaban J connectivity index is 2.02. The Kier molecular flexibility index (Phi) is 3.52. The maximum atomic E-state index is 5.95. The molecule has 2 N–H and O–H groups in total. The molecule has 2 heterocycles. The number of hydrogen-bond donors (Lipinski definition) is 1. The van der Waals surface area contributed by atoms with E-state index < -0.39 is 0 Å². The number of fused-ring (bicyclic) bond motifs is 1. The molecule has 20 heavy (non-hydrogen) atoms. The van der Waals surface area contributed by atoms with E-state index in [2.05, 4.69) is 46.1 Å². The summed E-state index contributed by atoms with van der Waals surface area (Å²) in [5.74, 6) is 0. The van der Waals surface area contributed by atoms with E-state index >= 15 is 0 Å². The van der Waals surface area contributed by atoms with Gasteiger partial charge in [-0.25, -0.2) is 4.98 Å². The number of nitrogens with zero attached hydrogens (tertiary/aromatic N) is 2. The number of benzene rings is 1. The van der Waals surface area contributed by atoms with Crippen LogP contribution in [0.15, 0.2) is 54.9 Å². The van der Waals surface area contributed by atoms with Crippen molar-refractivity contribution in [3.63, 3.8) is 0 Å². The molecule has 3 heteroatoms. The lowest BCUT2D eigenvalue weighted by Crippen LogP contribution is -2.17. The minimum absolute atomic E-state index is 0.158. The van der Waals surface area contributed by atoms with Gasteiger partial charge in [0.15, 0.2) is 0 Å². The molecular weight excluding hydrogens is 246 g/mol. The lowest BCUT2D eigenvalue weighted by molar-refractivity contribution is 0.734. The number of pyridine rings is 1. The van der Waals surface area contributed by atoms with Crippen molar-refractivity contribution >= 4 is 11.0 Å². The summed E-state index contributed by atoms with van der Waals surface area (Å²) < 4.78 is 2.21. The van der Waals surface area contributed by atoms with Gasteiger partial charge in [-0.15, -0.1) is 0 Å². The van der Waals surface area contributed by atoms with Crippen molar-refractivity contribution < 1.29 is 0 Å².